The van der Waals surface area contributed by atoms with Crippen LogP contribution in [0.5, 0.6) is 5.75 Å². The van der Waals surface area contributed by atoms with Crippen molar-refractivity contribution in [2.24, 2.45) is 0 Å². The molecule has 0 aliphatic heterocycles. The van der Waals surface area contributed by atoms with Crippen LogP contribution in [-0.4, -0.2) is 26.7 Å². The van der Waals surface area contributed by atoms with Crippen LogP contribution in [0.25, 0.3) is 0 Å². The maximum atomic E-state index is 12.6. The molecule has 1 saturated carbocycles. The molecule has 0 saturated heterocycles. The zero-order valence-electron chi connectivity index (χ0n) is 16.2. The highest BCUT2D eigenvalue weighted by Crippen LogP contribution is 2.26. The van der Waals surface area contributed by atoms with Crippen molar-refractivity contribution < 1.29 is 17.9 Å². The molecule has 1 amide bonds. The van der Waals surface area contributed by atoms with Crippen molar-refractivity contribution in [3.8, 4) is 5.75 Å². The van der Waals surface area contributed by atoms with E-state index < -0.39 is 10.0 Å². The number of hydrogen-bond donors (Lipinski definition) is 2. The number of sulfonamides is 1. The Morgan fingerprint density at radius 2 is 1.86 bits per heavy atom. The Balaban J connectivity index is 1.68. The average Bonchev–Trinajstić information content (AvgIpc) is 3.14. The van der Waals surface area contributed by atoms with Crippen LogP contribution in [0.3, 0.4) is 0 Å². The number of para-hydroxylation sites is 1. The zero-order valence-corrected chi connectivity index (χ0v) is 17.0. The van der Waals surface area contributed by atoms with Crippen LogP contribution in [0.4, 0.5) is 5.69 Å². The van der Waals surface area contributed by atoms with E-state index in [2.05, 4.69) is 10.0 Å². The molecule has 7 heteroatoms. The SMILES string of the molecule is Cc1ccc(C(=O)NCc2ccccc2OC2CCCC2)cc1NS(C)(=O)=O. The molecule has 0 unspecified atom stereocenters. The highest BCUT2D eigenvalue weighted by Gasteiger charge is 2.18. The minimum Gasteiger partial charge on any atom is -0.490 e. The second-order valence-electron chi connectivity index (χ2n) is 7.22. The van der Waals surface area contributed by atoms with Crippen molar-refractivity contribution in [2.75, 3.05) is 11.0 Å². The molecule has 0 spiro atoms. The summed E-state index contributed by atoms with van der Waals surface area (Å²) in [5.74, 6) is 0.533. The van der Waals surface area contributed by atoms with Crippen molar-refractivity contribution in [3.63, 3.8) is 0 Å². The van der Waals surface area contributed by atoms with Crippen LogP contribution < -0.4 is 14.8 Å². The van der Waals surface area contributed by atoms with E-state index in [4.69, 9.17) is 4.74 Å². The summed E-state index contributed by atoms with van der Waals surface area (Å²) in [6.45, 7) is 2.12. The summed E-state index contributed by atoms with van der Waals surface area (Å²) in [4.78, 5) is 12.6. The molecule has 1 fully saturated rings. The quantitative estimate of drug-likeness (QED) is 0.741. The summed E-state index contributed by atoms with van der Waals surface area (Å²) in [5.41, 5.74) is 2.47. The van der Waals surface area contributed by atoms with E-state index in [0.717, 1.165) is 36.0 Å². The monoisotopic (exact) mass is 402 g/mol. The Morgan fingerprint density at radius 1 is 1.14 bits per heavy atom. The Labute approximate surface area is 166 Å². The average molecular weight is 403 g/mol. The second kappa shape index (κ2) is 8.65. The molecule has 0 heterocycles. The van der Waals surface area contributed by atoms with Crippen molar-refractivity contribution in [3.05, 3.63) is 59.2 Å². The van der Waals surface area contributed by atoms with Crippen molar-refractivity contribution in [2.45, 2.75) is 45.3 Å². The number of anilines is 1. The number of hydrogen-bond acceptors (Lipinski definition) is 4. The van der Waals surface area contributed by atoms with Gasteiger partial charge in [-0.25, -0.2) is 8.42 Å². The van der Waals surface area contributed by atoms with Gasteiger partial charge in [-0.2, -0.15) is 0 Å². The molecule has 150 valence electrons. The lowest BCUT2D eigenvalue weighted by Crippen LogP contribution is -2.24. The molecule has 1 aliphatic carbocycles. The molecule has 0 atom stereocenters. The van der Waals surface area contributed by atoms with Crippen LogP contribution in [0.2, 0.25) is 0 Å². The molecular formula is C21H26N2O4S. The van der Waals surface area contributed by atoms with Crippen molar-refractivity contribution >= 4 is 21.6 Å². The van der Waals surface area contributed by atoms with Crippen LogP contribution in [-0.2, 0) is 16.6 Å². The van der Waals surface area contributed by atoms with E-state index in [-0.39, 0.29) is 12.0 Å². The van der Waals surface area contributed by atoms with Crippen molar-refractivity contribution in [1.29, 1.82) is 0 Å². The topological polar surface area (TPSA) is 84.5 Å². The van der Waals surface area contributed by atoms with Gasteiger partial charge in [-0.05, 0) is 56.4 Å². The Morgan fingerprint density at radius 3 is 2.57 bits per heavy atom. The van der Waals surface area contributed by atoms with Gasteiger partial charge in [0.15, 0.2) is 0 Å². The highest BCUT2D eigenvalue weighted by molar-refractivity contribution is 7.92. The van der Waals surface area contributed by atoms with Gasteiger partial charge in [-0.3, -0.25) is 9.52 Å². The fourth-order valence-corrected chi connectivity index (χ4v) is 3.92. The van der Waals surface area contributed by atoms with Gasteiger partial charge in [-0.1, -0.05) is 24.3 Å². The first kappa shape index (κ1) is 20.2. The molecule has 0 bridgehead atoms. The lowest BCUT2D eigenvalue weighted by Gasteiger charge is -2.17. The standard InChI is InChI=1S/C21H26N2O4S/c1-15-11-12-16(13-19(15)23-28(2,25)26)21(24)22-14-17-7-3-6-10-20(17)27-18-8-4-5-9-18/h3,6-7,10-13,18,23H,4-5,8-9,14H2,1-2H3,(H,22,24). The molecule has 2 N–H and O–H groups in total. The lowest BCUT2D eigenvalue weighted by molar-refractivity contribution is 0.0950. The lowest BCUT2D eigenvalue weighted by atomic mass is 10.1. The Kier molecular flexibility index (Phi) is 6.24. The van der Waals surface area contributed by atoms with E-state index in [1.807, 2.05) is 24.3 Å². The Hall–Kier alpha value is -2.54. The largest absolute Gasteiger partial charge is 0.490 e. The third-order valence-electron chi connectivity index (χ3n) is 4.80. The summed E-state index contributed by atoms with van der Waals surface area (Å²) in [5, 5.41) is 2.89. The third-order valence-corrected chi connectivity index (χ3v) is 5.39. The number of ether oxygens (including phenoxy) is 1. The first-order chi connectivity index (χ1) is 13.3. The van der Waals surface area contributed by atoms with E-state index in [0.29, 0.717) is 17.8 Å². The van der Waals surface area contributed by atoms with Gasteiger partial charge < -0.3 is 10.1 Å². The van der Waals surface area contributed by atoms with Crippen LogP contribution in [0.1, 0.15) is 47.2 Å². The number of amides is 1. The van der Waals surface area contributed by atoms with Gasteiger partial charge in [0.25, 0.3) is 5.91 Å². The minimum absolute atomic E-state index is 0.249. The first-order valence-corrected chi connectivity index (χ1v) is 11.3. The molecule has 0 radical (unpaired) electrons. The van der Waals surface area contributed by atoms with Gasteiger partial charge >= 0.3 is 0 Å². The normalized spacial score (nSPS) is 14.6. The second-order valence-corrected chi connectivity index (χ2v) is 8.97. The molecule has 3 rings (SSSR count). The van der Waals surface area contributed by atoms with Crippen molar-refractivity contribution in [1.82, 2.24) is 5.32 Å². The van der Waals surface area contributed by atoms with Crippen LogP contribution >= 0.6 is 0 Å². The molecule has 2 aromatic carbocycles. The molecule has 0 aromatic heterocycles. The molecule has 1 aliphatic rings. The number of rotatable bonds is 7. The zero-order chi connectivity index (χ0) is 20.1. The fourth-order valence-electron chi connectivity index (χ4n) is 3.30. The van der Waals surface area contributed by atoms with E-state index in [1.165, 1.54) is 12.8 Å². The molecule has 6 nitrogen and oxygen atoms in total. The van der Waals surface area contributed by atoms with Gasteiger partial charge in [0.05, 0.1) is 18.0 Å². The highest BCUT2D eigenvalue weighted by atomic mass is 32.2. The summed E-state index contributed by atoms with van der Waals surface area (Å²) >= 11 is 0. The predicted octanol–water partition coefficient (Wildman–Crippen LogP) is 3.62. The summed E-state index contributed by atoms with van der Waals surface area (Å²) in [7, 11) is -3.41. The number of carbonyl (C=O) groups excluding carboxylic acids is 1. The molecular weight excluding hydrogens is 376 g/mol. The number of carbonyl (C=O) groups is 1. The molecule has 28 heavy (non-hydrogen) atoms. The maximum absolute atomic E-state index is 12.6. The molecule has 2 aromatic rings. The van der Waals surface area contributed by atoms with E-state index >= 15 is 0 Å². The fraction of sp³-hybridized carbons (Fsp3) is 0.381. The third kappa shape index (κ3) is 5.48. The first-order valence-electron chi connectivity index (χ1n) is 9.43. The van der Waals surface area contributed by atoms with Gasteiger partial charge in [0.2, 0.25) is 10.0 Å². The summed E-state index contributed by atoms with van der Waals surface area (Å²) in [6.07, 6.45) is 5.86. The minimum atomic E-state index is -3.41. The van der Waals surface area contributed by atoms with Gasteiger partial charge in [0, 0.05) is 17.7 Å². The van der Waals surface area contributed by atoms with Crippen LogP contribution in [0.15, 0.2) is 42.5 Å². The maximum Gasteiger partial charge on any atom is 0.251 e. The van der Waals surface area contributed by atoms with E-state index in [9.17, 15) is 13.2 Å². The number of benzene rings is 2. The predicted molar refractivity (Wildman–Crippen MR) is 110 cm³/mol. The summed E-state index contributed by atoms with van der Waals surface area (Å²) < 4.78 is 31.5. The summed E-state index contributed by atoms with van der Waals surface area (Å²) in [6, 6.07) is 12.7. The van der Waals surface area contributed by atoms with Gasteiger partial charge in [-0.15, -0.1) is 0 Å². The number of aryl methyl sites for hydroxylation is 1. The Bertz CT molecular complexity index is 951. The smallest absolute Gasteiger partial charge is 0.251 e. The van der Waals surface area contributed by atoms with Gasteiger partial charge in [0.1, 0.15) is 5.75 Å². The van der Waals surface area contributed by atoms with Crippen LogP contribution in [0, 0.1) is 6.92 Å². The number of nitrogens with one attached hydrogen (secondary N) is 2. The van der Waals surface area contributed by atoms with E-state index in [1.54, 1.807) is 25.1 Å².